The minimum Gasteiger partial charge on any atom is -0.381 e. The first-order valence-electron chi connectivity index (χ1n) is 4.83. The number of likely N-dealkylation sites (tertiary alicyclic amines) is 1. The van der Waals surface area contributed by atoms with Gasteiger partial charge in [-0.1, -0.05) is 0 Å². The van der Waals surface area contributed by atoms with Crippen LogP contribution in [-0.2, 0) is 9.53 Å². The van der Waals surface area contributed by atoms with E-state index in [1.165, 1.54) is 4.90 Å². The molecule has 0 spiro atoms. The van der Waals surface area contributed by atoms with Crippen LogP contribution in [0.5, 0.6) is 0 Å². The molecule has 0 aromatic carbocycles. The van der Waals surface area contributed by atoms with Crippen molar-refractivity contribution in [1.29, 1.82) is 0 Å². The molecule has 1 unspecified atom stereocenters. The van der Waals surface area contributed by atoms with E-state index in [1.807, 2.05) is 0 Å². The predicted molar refractivity (Wildman–Crippen MR) is 45.1 cm³/mol. The molecule has 0 aliphatic carbocycles. The summed E-state index contributed by atoms with van der Waals surface area (Å²) in [4.78, 5) is 12.9. The minimum absolute atomic E-state index is 0.167. The Kier molecular flexibility index (Phi) is 2.43. The van der Waals surface area contributed by atoms with Crippen molar-refractivity contribution in [3.05, 3.63) is 0 Å². The largest absolute Gasteiger partial charge is 0.381 e. The highest BCUT2D eigenvalue weighted by Crippen LogP contribution is 2.28. The van der Waals surface area contributed by atoms with Crippen LogP contribution in [0, 0.1) is 5.92 Å². The monoisotopic (exact) mass is 205 g/mol. The normalized spacial score (nSPS) is 31.0. The van der Waals surface area contributed by atoms with Gasteiger partial charge in [0.05, 0.1) is 19.1 Å². The number of carbonyl (C=O) groups excluding carboxylic acids is 1. The molecule has 2 aliphatic heterocycles. The van der Waals surface area contributed by atoms with Gasteiger partial charge in [0, 0.05) is 19.6 Å². The van der Waals surface area contributed by atoms with Crippen molar-refractivity contribution in [2.24, 2.45) is 5.92 Å². The van der Waals surface area contributed by atoms with Gasteiger partial charge >= 0.3 is 0 Å². The van der Waals surface area contributed by atoms with E-state index in [0.29, 0.717) is 19.6 Å². The van der Waals surface area contributed by atoms with Crippen molar-refractivity contribution in [1.82, 2.24) is 4.90 Å². The van der Waals surface area contributed by atoms with Crippen LogP contribution in [0.25, 0.3) is 0 Å². The van der Waals surface area contributed by atoms with Gasteiger partial charge in [0.2, 0.25) is 5.91 Å². The molecule has 0 aromatic rings. The first-order chi connectivity index (χ1) is 6.58. The molecular weight excluding hydrogens is 192 g/mol. The van der Waals surface area contributed by atoms with E-state index >= 15 is 0 Å². The molecule has 0 bridgehead atoms. The summed E-state index contributed by atoms with van der Waals surface area (Å²) in [5, 5.41) is 0. The highest BCUT2D eigenvalue weighted by Gasteiger charge is 2.42. The van der Waals surface area contributed by atoms with Crippen LogP contribution in [0.4, 0.5) is 8.78 Å². The number of hydrogen-bond donors (Lipinski definition) is 0. The Hall–Kier alpha value is -0.710. The van der Waals surface area contributed by atoms with Crippen LogP contribution in [0.3, 0.4) is 0 Å². The maximum Gasteiger partial charge on any atom is 0.267 e. The van der Waals surface area contributed by atoms with Crippen molar-refractivity contribution in [3.8, 4) is 0 Å². The molecular formula is C9H13F2NO2. The Morgan fingerprint density at radius 2 is 2.29 bits per heavy atom. The third-order valence-corrected chi connectivity index (χ3v) is 2.76. The van der Waals surface area contributed by atoms with Crippen LogP contribution >= 0.6 is 0 Å². The first kappa shape index (κ1) is 9.83. The number of amides is 1. The third-order valence-electron chi connectivity index (χ3n) is 2.76. The summed E-state index contributed by atoms with van der Waals surface area (Å²) in [7, 11) is 0. The van der Waals surface area contributed by atoms with Gasteiger partial charge in [0.1, 0.15) is 0 Å². The number of rotatable bonds is 1. The fraction of sp³-hybridized carbons (Fsp3) is 0.889. The zero-order valence-corrected chi connectivity index (χ0v) is 7.84. The van der Waals surface area contributed by atoms with E-state index < -0.39 is 12.5 Å². The molecule has 0 radical (unpaired) electrons. The van der Waals surface area contributed by atoms with Crippen LogP contribution in [0.1, 0.15) is 12.8 Å². The topological polar surface area (TPSA) is 29.5 Å². The predicted octanol–water partition coefficient (Wildman–Crippen LogP) is 0.891. The van der Waals surface area contributed by atoms with E-state index in [4.69, 9.17) is 4.74 Å². The number of alkyl halides is 2. The van der Waals surface area contributed by atoms with E-state index in [0.717, 1.165) is 0 Å². The lowest BCUT2D eigenvalue weighted by Gasteiger charge is -2.19. The molecule has 0 aromatic heterocycles. The van der Waals surface area contributed by atoms with Crippen LogP contribution < -0.4 is 0 Å². The summed E-state index contributed by atoms with van der Waals surface area (Å²) in [6, 6.07) is 0. The maximum absolute atomic E-state index is 12.8. The van der Waals surface area contributed by atoms with Crippen LogP contribution in [0.2, 0.25) is 0 Å². The average Bonchev–Trinajstić information content (AvgIpc) is 2.72. The van der Waals surface area contributed by atoms with E-state index in [2.05, 4.69) is 0 Å². The molecule has 2 heterocycles. The molecule has 1 atom stereocenters. The van der Waals surface area contributed by atoms with Gasteiger partial charge in [0.25, 0.3) is 5.92 Å². The van der Waals surface area contributed by atoms with Gasteiger partial charge in [-0.25, -0.2) is 8.78 Å². The smallest absolute Gasteiger partial charge is 0.267 e. The number of ether oxygens (including phenoxy) is 1. The number of hydrogen-bond acceptors (Lipinski definition) is 2. The van der Waals surface area contributed by atoms with Gasteiger partial charge < -0.3 is 9.64 Å². The Labute approximate surface area is 81.0 Å². The van der Waals surface area contributed by atoms with Gasteiger partial charge in [0.15, 0.2) is 0 Å². The van der Waals surface area contributed by atoms with Gasteiger partial charge in [-0.3, -0.25) is 4.79 Å². The second-order valence-corrected chi connectivity index (χ2v) is 3.93. The Morgan fingerprint density at radius 3 is 2.79 bits per heavy atom. The number of halogens is 2. The second kappa shape index (κ2) is 3.46. The SMILES string of the molecule is O=C(C1CCOC1)N1CCC(F)(F)C1. The Balaban J connectivity index is 1.92. The van der Waals surface area contributed by atoms with Gasteiger partial charge in [-0.15, -0.1) is 0 Å². The van der Waals surface area contributed by atoms with E-state index in [9.17, 15) is 13.6 Å². The van der Waals surface area contributed by atoms with Crippen molar-refractivity contribution in [2.75, 3.05) is 26.3 Å². The fourth-order valence-corrected chi connectivity index (χ4v) is 1.91. The Morgan fingerprint density at radius 1 is 1.50 bits per heavy atom. The third kappa shape index (κ3) is 1.87. The van der Waals surface area contributed by atoms with Crippen molar-refractivity contribution < 1.29 is 18.3 Å². The molecule has 14 heavy (non-hydrogen) atoms. The molecule has 0 N–H and O–H groups in total. The zero-order valence-electron chi connectivity index (χ0n) is 7.84. The molecule has 5 heteroatoms. The zero-order chi connectivity index (χ0) is 10.2. The van der Waals surface area contributed by atoms with Crippen molar-refractivity contribution >= 4 is 5.91 Å². The lowest BCUT2D eigenvalue weighted by Crippen LogP contribution is -2.36. The lowest BCUT2D eigenvalue weighted by molar-refractivity contribution is -0.135. The summed E-state index contributed by atoms with van der Waals surface area (Å²) in [6.45, 7) is 0.728. The molecule has 80 valence electrons. The number of carbonyl (C=O) groups is 1. The fourth-order valence-electron chi connectivity index (χ4n) is 1.91. The summed E-state index contributed by atoms with van der Waals surface area (Å²) in [5.41, 5.74) is 0. The molecule has 3 nitrogen and oxygen atoms in total. The summed E-state index contributed by atoms with van der Waals surface area (Å²) in [5.74, 6) is -3.04. The molecule has 0 saturated carbocycles. The molecule has 2 fully saturated rings. The van der Waals surface area contributed by atoms with Crippen LogP contribution in [-0.4, -0.2) is 43.0 Å². The molecule has 1 amide bonds. The number of nitrogens with zero attached hydrogens (tertiary/aromatic N) is 1. The van der Waals surface area contributed by atoms with Crippen molar-refractivity contribution in [2.45, 2.75) is 18.8 Å². The standard InChI is InChI=1S/C9H13F2NO2/c10-9(11)2-3-12(6-9)8(13)7-1-4-14-5-7/h7H,1-6H2. The van der Waals surface area contributed by atoms with Gasteiger partial charge in [-0.2, -0.15) is 0 Å². The maximum atomic E-state index is 12.8. The van der Waals surface area contributed by atoms with E-state index in [1.54, 1.807) is 0 Å². The molecule has 2 aliphatic rings. The minimum atomic E-state index is -2.69. The van der Waals surface area contributed by atoms with Gasteiger partial charge in [-0.05, 0) is 6.42 Å². The quantitative estimate of drug-likeness (QED) is 0.636. The summed E-state index contributed by atoms with van der Waals surface area (Å²) < 4.78 is 30.7. The molecule has 2 rings (SSSR count). The average molecular weight is 205 g/mol. The lowest BCUT2D eigenvalue weighted by atomic mass is 10.1. The van der Waals surface area contributed by atoms with Crippen molar-refractivity contribution in [3.63, 3.8) is 0 Å². The highest BCUT2D eigenvalue weighted by atomic mass is 19.3. The highest BCUT2D eigenvalue weighted by molar-refractivity contribution is 5.79. The summed E-state index contributed by atoms with van der Waals surface area (Å²) >= 11 is 0. The first-order valence-corrected chi connectivity index (χ1v) is 4.83. The molecule has 2 saturated heterocycles. The van der Waals surface area contributed by atoms with E-state index in [-0.39, 0.29) is 24.8 Å². The van der Waals surface area contributed by atoms with Crippen LogP contribution in [0.15, 0.2) is 0 Å². The second-order valence-electron chi connectivity index (χ2n) is 3.93. The Bertz CT molecular complexity index is 239. The summed E-state index contributed by atoms with van der Waals surface area (Å²) in [6.07, 6.45) is 0.465.